The molecule has 0 aliphatic carbocycles. The van der Waals surface area contributed by atoms with Gasteiger partial charge in [0.25, 0.3) is 0 Å². The number of anilines is 1. The van der Waals surface area contributed by atoms with Crippen LogP contribution in [-0.2, 0) is 15.8 Å². The number of rotatable bonds is 6. The zero-order valence-electron chi connectivity index (χ0n) is 14.8. The van der Waals surface area contributed by atoms with Gasteiger partial charge in [-0.05, 0) is 42.0 Å². The van der Waals surface area contributed by atoms with Crippen molar-refractivity contribution in [2.75, 3.05) is 12.4 Å². The summed E-state index contributed by atoms with van der Waals surface area (Å²) < 4.78 is 42.8. The number of methoxy groups -OCH3 is 1. The Morgan fingerprint density at radius 1 is 1.04 bits per heavy atom. The van der Waals surface area contributed by atoms with E-state index in [4.69, 9.17) is 4.74 Å². The standard InChI is InChI=1S/C19H19F3N2O3/c1-12(25)23-17(13-3-9-16(27-2)10-4-13)11-18(26)24-15-7-5-14(6-8-15)19(20,21)22/h3-10,17H,11H2,1-2H3,(H,23,25)(H,24,26). The number of carbonyl (C=O) groups excluding carboxylic acids is 2. The number of benzene rings is 2. The average Bonchev–Trinajstić information content (AvgIpc) is 2.60. The predicted molar refractivity (Wildman–Crippen MR) is 94.2 cm³/mol. The highest BCUT2D eigenvalue weighted by atomic mass is 19.4. The SMILES string of the molecule is COc1ccc(C(CC(=O)Nc2ccc(C(F)(F)F)cc2)NC(C)=O)cc1. The van der Waals surface area contributed by atoms with Crippen LogP contribution in [0.1, 0.15) is 30.5 Å². The van der Waals surface area contributed by atoms with E-state index in [0.717, 1.165) is 12.1 Å². The van der Waals surface area contributed by atoms with Crippen LogP contribution in [0.3, 0.4) is 0 Å². The van der Waals surface area contributed by atoms with E-state index in [1.807, 2.05) is 0 Å². The molecule has 0 saturated carbocycles. The molecule has 0 aliphatic rings. The monoisotopic (exact) mass is 380 g/mol. The van der Waals surface area contributed by atoms with E-state index in [1.54, 1.807) is 24.3 Å². The second kappa shape index (κ2) is 8.57. The maximum absolute atomic E-state index is 12.6. The number of alkyl halides is 3. The third kappa shape index (κ3) is 6.02. The van der Waals surface area contributed by atoms with Gasteiger partial charge in [-0.25, -0.2) is 0 Å². The minimum atomic E-state index is -4.44. The lowest BCUT2D eigenvalue weighted by Gasteiger charge is -2.18. The first-order chi connectivity index (χ1) is 12.7. The molecular formula is C19H19F3N2O3. The topological polar surface area (TPSA) is 67.4 Å². The van der Waals surface area contributed by atoms with Gasteiger partial charge in [0.1, 0.15) is 5.75 Å². The molecule has 2 amide bonds. The second-order valence-electron chi connectivity index (χ2n) is 5.85. The zero-order valence-corrected chi connectivity index (χ0v) is 14.8. The minimum absolute atomic E-state index is 0.0765. The summed E-state index contributed by atoms with van der Waals surface area (Å²) >= 11 is 0. The molecular weight excluding hydrogens is 361 g/mol. The van der Waals surface area contributed by atoms with Gasteiger partial charge in [-0.1, -0.05) is 12.1 Å². The molecule has 0 radical (unpaired) electrons. The maximum Gasteiger partial charge on any atom is 0.416 e. The predicted octanol–water partition coefficient (Wildman–Crippen LogP) is 3.92. The summed E-state index contributed by atoms with van der Waals surface area (Å²) in [5.41, 5.74) is 0.146. The molecule has 8 heteroatoms. The summed E-state index contributed by atoms with van der Waals surface area (Å²) in [6.45, 7) is 1.34. The van der Waals surface area contributed by atoms with Crippen LogP contribution in [0.25, 0.3) is 0 Å². The molecule has 1 unspecified atom stereocenters. The van der Waals surface area contributed by atoms with Gasteiger partial charge >= 0.3 is 6.18 Å². The van der Waals surface area contributed by atoms with Crippen LogP contribution < -0.4 is 15.4 Å². The third-order valence-corrected chi connectivity index (χ3v) is 3.78. The normalized spacial score (nSPS) is 12.2. The Balaban J connectivity index is 2.07. The lowest BCUT2D eigenvalue weighted by atomic mass is 10.0. The fraction of sp³-hybridized carbons (Fsp3) is 0.263. The molecule has 1 atom stereocenters. The smallest absolute Gasteiger partial charge is 0.416 e. The Kier molecular flexibility index (Phi) is 6.44. The number of amides is 2. The fourth-order valence-electron chi connectivity index (χ4n) is 2.47. The number of ether oxygens (including phenoxy) is 1. The van der Waals surface area contributed by atoms with E-state index >= 15 is 0 Å². The summed E-state index contributed by atoms with van der Waals surface area (Å²) in [5, 5.41) is 5.22. The molecule has 0 aromatic heterocycles. The molecule has 2 aromatic rings. The van der Waals surface area contributed by atoms with Crippen molar-refractivity contribution in [1.29, 1.82) is 0 Å². The van der Waals surface area contributed by atoms with Gasteiger partial charge in [0, 0.05) is 12.6 Å². The van der Waals surface area contributed by atoms with E-state index in [2.05, 4.69) is 10.6 Å². The quantitative estimate of drug-likeness (QED) is 0.798. The number of carbonyl (C=O) groups is 2. The molecule has 144 valence electrons. The van der Waals surface area contributed by atoms with Crippen molar-refractivity contribution in [3.05, 3.63) is 59.7 Å². The first-order valence-electron chi connectivity index (χ1n) is 8.07. The Morgan fingerprint density at radius 3 is 2.11 bits per heavy atom. The van der Waals surface area contributed by atoms with Crippen LogP contribution in [0.5, 0.6) is 5.75 Å². The fourth-order valence-corrected chi connectivity index (χ4v) is 2.47. The Labute approximate surface area is 154 Å². The van der Waals surface area contributed by atoms with Crippen molar-refractivity contribution in [3.63, 3.8) is 0 Å². The maximum atomic E-state index is 12.6. The molecule has 5 nitrogen and oxygen atoms in total. The van der Waals surface area contributed by atoms with Gasteiger partial charge < -0.3 is 15.4 Å². The number of nitrogens with one attached hydrogen (secondary N) is 2. The first-order valence-corrected chi connectivity index (χ1v) is 8.07. The Bertz CT molecular complexity index is 787. The molecule has 2 N–H and O–H groups in total. The highest BCUT2D eigenvalue weighted by Gasteiger charge is 2.30. The molecule has 0 heterocycles. The molecule has 0 fully saturated rings. The van der Waals surface area contributed by atoms with Crippen molar-refractivity contribution in [1.82, 2.24) is 5.32 Å². The number of hydrogen-bond acceptors (Lipinski definition) is 3. The van der Waals surface area contributed by atoms with Crippen LogP contribution in [0, 0.1) is 0 Å². The van der Waals surface area contributed by atoms with Gasteiger partial charge in [0.15, 0.2) is 0 Å². The van der Waals surface area contributed by atoms with Crippen molar-refractivity contribution >= 4 is 17.5 Å². The molecule has 27 heavy (non-hydrogen) atoms. The summed E-state index contributed by atoms with van der Waals surface area (Å²) in [7, 11) is 1.53. The highest BCUT2D eigenvalue weighted by molar-refractivity contribution is 5.91. The molecule has 0 saturated heterocycles. The summed E-state index contributed by atoms with van der Waals surface area (Å²) in [4.78, 5) is 23.7. The van der Waals surface area contributed by atoms with Gasteiger partial charge in [-0.3, -0.25) is 9.59 Å². The lowest BCUT2D eigenvalue weighted by Crippen LogP contribution is -2.29. The van der Waals surface area contributed by atoms with Gasteiger partial charge in [0.05, 0.1) is 25.1 Å². The van der Waals surface area contributed by atoms with Crippen molar-refractivity contribution in [2.24, 2.45) is 0 Å². The second-order valence-corrected chi connectivity index (χ2v) is 5.85. The molecule has 0 bridgehead atoms. The highest BCUT2D eigenvalue weighted by Crippen LogP contribution is 2.30. The zero-order chi connectivity index (χ0) is 20.0. The Hall–Kier alpha value is -3.03. The van der Waals surface area contributed by atoms with Crippen LogP contribution >= 0.6 is 0 Å². The largest absolute Gasteiger partial charge is 0.497 e. The molecule has 2 rings (SSSR count). The van der Waals surface area contributed by atoms with Crippen LogP contribution in [-0.4, -0.2) is 18.9 Å². The van der Waals surface area contributed by atoms with Crippen LogP contribution in [0.2, 0.25) is 0 Å². The van der Waals surface area contributed by atoms with Crippen LogP contribution in [0.15, 0.2) is 48.5 Å². The van der Waals surface area contributed by atoms with Crippen molar-refractivity contribution in [3.8, 4) is 5.75 Å². The first kappa shape index (κ1) is 20.3. The average molecular weight is 380 g/mol. The van der Waals surface area contributed by atoms with Crippen molar-refractivity contribution in [2.45, 2.75) is 25.6 Å². The van der Waals surface area contributed by atoms with E-state index in [9.17, 15) is 22.8 Å². The van der Waals surface area contributed by atoms with E-state index < -0.39 is 23.7 Å². The molecule has 0 spiro atoms. The van der Waals surface area contributed by atoms with E-state index in [1.165, 1.54) is 26.2 Å². The summed E-state index contributed by atoms with van der Waals surface area (Å²) in [5.74, 6) is -0.114. The van der Waals surface area contributed by atoms with Gasteiger partial charge in [-0.15, -0.1) is 0 Å². The number of halogens is 3. The molecule has 2 aromatic carbocycles. The summed E-state index contributed by atoms with van der Waals surface area (Å²) in [6.07, 6.45) is -4.51. The Morgan fingerprint density at radius 2 is 1.63 bits per heavy atom. The lowest BCUT2D eigenvalue weighted by molar-refractivity contribution is -0.137. The molecule has 0 aliphatic heterocycles. The number of hydrogen-bond donors (Lipinski definition) is 2. The van der Waals surface area contributed by atoms with Gasteiger partial charge in [0.2, 0.25) is 11.8 Å². The minimum Gasteiger partial charge on any atom is -0.497 e. The third-order valence-electron chi connectivity index (χ3n) is 3.78. The van der Waals surface area contributed by atoms with E-state index in [0.29, 0.717) is 11.3 Å². The van der Waals surface area contributed by atoms with Crippen LogP contribution in [0.4, 0.5) is 18.9 Å². The van der Waals surface area contributed by atoms with Gasteiger partial charge in [-0.2, -0.15) is 13.2 Å². The van der Waals surface area contributed by atoms with Crippen molar-refractivity contribution < 1.29 is 27.5 Å². The van der Waals surface area contributed by atoms with E-state index in [-0.39, 0.29) is 18.0 Å². The summed E-state index contributed by atoms with van der Waals surface area (Å²) in [6, 6.07) is 10.4.